The smallest absolute Gasteiger partial charge is 0.326 e. The maximum atomic E-state index is 12.6. The number of unbranched alkanes of at least 4 members (excludes halogenated alkanes) is 1. The van der Waals surface area contributed by atoms with Crippen LogP contribution < -0.4 is 38.9 Å². The third-order valence-electron chi connectivity index (χ3n) is 4.74. The summed E-state index contributed by atoms with van der Waals surface area (Å²) in [5.41, 5.74) is 21.5. The van der Waals surface area contributed by atoms with Crippen LogP contribution >= 0.6 is 0 Å². The van der Waals surface area contributed by atoms with Crippen molar-refractivity contribution in [2.24, 2.45) is 27.9 Å². The van der Waals surface area contributed by atoms with E-state index in [1.165, 1.54) is 6.92 Å². The van der Waals surface area contributed by atoms with Gasteiger partial charge in [0.25, 0.3) is 0 Å². The minimum atomic E-state index is -1.56. The molecule has 34 heavy (non-hydrogen) atoms. The van der Waals surface area contributed by atoms with Gasteiger partial charge in [0, 0.05) is 6.54 Å². The van der Waals surface area contributed by atoms with Crippen LogP contribution in [0.25, 0.3) is 0 Å². The van der Waals surface area contributed by atoms with Gasteiger partial charge >= 0.3 is 5.97 Å². The van der Waals surface area contributed by atoms with Crippen LogP contribution in [0, 0.1) is 0 Å². The lowest BCUT2D eigenvalue weighted by atomic mass is 10.1. The van der Waals surface area contributed by atoms with E-state index in [1.807, 2.05) is 0 Å². The van der Waals surface area contributed by atoms with E-state index in [0.29, 0.717) is 25.8 Å². The lowest BCUT2D eigenvalue weighted by Gasteiger charge is -2.26. The van der Waals surface area contributed by atoms with Crippen LogP contribution in [0.4, 0.5) is 0 Å². The minimum absolute atomic E-state index is 0.0182. The van der Waals surface area contributed by atoms with Gasteiger partial charge in [0.05, 0.1) is 18.8 Å². The number of amides is 3. The Hall–Kier alpha value is -3.01. The molecule has 0 aliphatic heterocycles. The highest BCUT2D eigenvalue weighted by Crippen LogP contribution is 2.03. The van der Waals surface area contributed by atoms with Crippen LogP contribution in [-0.2, 0) is 19.2 Å². The van der Waals surface area contributed by atoms with Crippen LogP contribution in [0.1, 0.15) is 39.0 Å². The molecule has 3 amide bonds. The molecule has 0 aromatic rings. The fourth-order valence-electron chi connectivity index (χ4n) is 2.79. The maximum absolute atomic E-state index is 12.6. The first-order valence-electron chi connectivity index (χ1n) is 10.9. The summed E-state index contributed by atoms with van der Waals surface area (Å²) in [7, 11) is 0. The van der Waals surface area contributed by atoms with E-state index < -0.39 is 60.6 Å². The summed E-state index contributed by atoms with van der Waals surface area (Å²) >= 11 is 0. The number of carbonyl (C=O) groups excluding carboxylic acids is 3. The van der Waals surface area contributed by atoms with Crippen LogP contribution in [0.5, 0.6) is 0 Å². The largest absolute Gasteiger partial charge is 0.480 e. The molecule has 0 bridgehead atoms. The molecule has 0 saturated heterocycles. The number of nitrogens with zero attached hydrogens (tertiary/aromatic N) is 1. The molecule has 0 saturated carbocycles. The Bertz CT molecular complexity index is 700. The van der Waals surface area contributed by atoms with E-state index in [-0.39, 0.29) is 25.3 Å². The van der Waals surface area contributed by atoms with Gasteiger partial charge in [-0.15, -0.1) is 0 Å². The quantitative estimate of drug-likeness (QED) is 0.0525. The van der Waals surface area contributed by atoms with Crippen molar-refractivity contribution in [1.29, 1.82) is 0 Å². The zero-order valence-corrected chi connectivity index (χ0v) is 19.3. The molecule has 5 unspecified atom stereocenters. The van der Waals surface area contributed by atoms with Crippen molar-refractivity contribution in [2.75, 3.05) is 19.7 Å². The number of hydrogen-bond donors (Lipinski definition) is 10. The molecule has 0 fully saturated rings. The number of hydrogen-bond acceptors (Lipinski definition) is 9. The van der Waals surface area contributed by atoms with Crippen molar-refractivity contribution < 1.29 is 34.5 Å². The lowest BCUT2D eigenvalue weighted by Crippen LogP contribution is -2.60. The van der Waals surface area contributed by atoms with Crippen molar-refractivity contribution in [3.8, 4) is 0 Å². The summed E-state index contributed by atoms with van der Waals surface area (Å²) in [6.07, 6.45) is 0.389. The second-order valence-electron chi connectivity index (χ2n) is 7.71. The van der Waals surface area contributed by atoms with E-state index in [0.717, 1.165) is 0 Å². The Balaban J connectivity index is 5.07. The van der Waals surface area contributed by atoms with Gasteiger partial charge in [-0.2, -0.15) is 0 Å². The fraction of sp³-hybridized carbons (Fsp3) is 0.737. The zero-order chi connectivity index (χ0) is 26.3. The van der Waals surface area contributed by atoms with Gasteiger partial charge < -0.3 is 54.2 Å². The predicted octanol–water partition coefficient (Wildman–Crippen LogP) is -4.59. The van der Waals surface area contributed by atoms with Gasteiger partial charge in [0.2, 0.25) is 17.7 Å². The van der Waals surface area contributed by atoms with E-state index in [2.05, 4.69) is 20.9 Å². The average Bonchev–Trinajstić information content (AvgIpc) is 2.76. The molecule has 0 spiro atoms. The first-order valence-corrected chi connectivity index (χ1v) is 10.9. The van der Waals surface area contributed by atoms with E-state index in [1.54, 1.807) is 0 Å². The van der Waals surface area contributed by atoms with Crippen molar-refractivity contribution in [3.05, 3.63) is 0 Å². The predicted molar refractivity (Wildman–Crippen MR) is 123 cm³/mol. The molecule has 196 valence electrons. The topological polar surface area (TPSA) is 282 Å². The summed E-state index contributed by atoms with van der Waals surface area (Å²) in [5.74, 6) is -4.12. The van der Waals surface area contributed by atoms with Gasteiger partial charge in [-0.1, -0.05) is 6.42 Å². The van der Waals surface area contributed by atoms with E-state index in [4.69, 9.17) is 22.9 Å². The molecule has 15 heteroatoms. The Kier molecular flexibility index (Phi) is 15.1. The molecule has 0 heterocycles. The SMILES string of the molecule is CC(O)C(NC(=O)C(CO)NC(=O)C(N)CCCCN)C(=O)NC(CCCN=C(N)N)C(=O)O. The number of carboxylic acids is 1. The monoisotopic (exact) mass is 490 g/mol. The molecule has 0 radical (unpaired) electrons. The van der Waals surface area contributed by atoms with Gasteiger partial charge in [0.15, 0.2) is 5.96 Å². The van der Waals surface area contributed by atoms with E-state index >= 15 is 0 Å². The number of aliphatic imine (C=N–C) groups is 1. The number of guanidine groups is 1. The van der Waals surface area contributed by atoms with Crippen molar-refractivity contribution in [3.63, 3.8) is 0 Å². The standard InChI is InChI=1S/C19H38N8O7/c1-10(29)14(17(32)25-12(18(33)34)6-4-8-24-19(22)23)27-16(31)13(9-28)26-15(30)11(21)5-2-3-7-20/h10-14,28-29H,2-9,20-21H2,1H3,(H,25,32)(H,26,30)(H,27,31)(H,33,34)(H4,22,23,24). The van der Waals surface area contributed by atoms with Crippen LogP contribution in [0.15, 0.2) is 4.99 Å². The van der Waals surface area contributed by atoms with Crippen LogP contribution in [0.2, 0.25) is 0 Å². The summed E-state index contributed by atoms with van der Waals surface area (Å²) < 4.78 is 0. The normalized spacial score (nSPS) is 15.2. The van der Waals surface area contributed by atoms with Crippen LogP contribution in [0.3, 0.4) is 0 Å². The number of nitrogens with two attached hydrogens (primary N) is 4. The molecule has 14 N–H and O–H groups in total. The van der Waals surface area contributed by atoms with Gasteiger partial charge in [0.1, 0.15) is 18.1 Å². The Labute approximate surface area is 197 Å². The summed E-state index contributed by atoms with van der Waals surface area (Å²) in [6.45, 7) is 0.991. The Morgan fingerprint density at radius 3 is 2.03 bits per heavy atom. The molecule has 0 aromatic heterocycles. The first kappa shape index (κ1) is 31.0. The Morgan fingerprint density at radius 2 is 1.53 bits per heavy atom. The van der Waals surface area contributed by atoms with Gasteiger partial charge in [-0.3, -0.25) is 19.4 Å². The van der Waals surface area contributed by atoms with Gasteiger partial charge in [-0.25, -0.2) is 4.79 Å². The summed E-state index contributed by atoms with van der Waals surface area (Å²) in [5, 5.41) is 35.5. The molecular formula is C19H38N8O7. The zero-order valence-electron chi connectivity index (χ0n) is 19.3. The number of aliphatic hydroxyl groups excluding tert-OH is 2. The molecular weight excluding hydrogens is 452 g/mol. The fourth-order valence-corrected chi connectivity index (χ4v) is 2.79. The number of carboxylic acid groups (broad SMARTS) is 1. The van der Waals surface area contributed by atoms with Crippen molar-refractivity contribution in [2.45, 2.75) is 69.3 Å². The maximum Gasteiger partial charge on any atom is 0.326 e. The van der Waals surface area contributed by atoms with Crippen LogP contribution in [-0.4, -0.2) is 94.9 Å². The molecule has 0 aromatic carbocycles. The molecule has 0 aliphatic carbocycles. The molecule has 15 nitrogen and oxygen atoms in total. The number of carbonyl (C=O) groups is 4. The molecule has 0 rings (SSSR count). The first-order chi connectivity index (χ1) is 15.9. The molecule has 0 aliphatic rings. The summed E-state index contributed by atoms with van der Waals surface area (Å²) in [6, 6.07) is -5.27. The highest BCUT2D eigenvalue weighted by Gasteiger charge is 2.32. The Morgan fingerprint density at radius 1 is 0.912 bits per heavy atom. The number of aliphatic carboxylic acids is 1. The number of nitrogens with one attached hydrogen (secondary N) is 3. The second-order valence-corrected chi connectivity index (χ2v) is 7.71. The summed E-state index contributed by atoms with van der Waals surface area (Å²) in [4.78, 5) is 52.4. The van der Waals surface area contributed by atoms with E-state index in [9.17, 15) is 34.5 Å². The van der Waals surface area contributed by atoms with Crippen molar-refractivity contribution >= 4 is 29.7 Å². The highest BCUT2D eigenvalue weighted by atomic mass is 16.4. The highest BCUT2D eigenvalue weighted by molar-refractivity contribution is 5.94. The number of rotatable bonds is 17. The third-order valence-corrected chi connectivity index (χ3v) is 4.74. The third kappa shape index (κ3) is 12.3. The average molecular weight is 491 g/mol. The van der Waals surface area contributed by atoms with Gasteiger partial charge in [-0.05, 0) is 39.2 Å². The van der Waals surface area contributed by atoms with Crippen molar-refractivity contribution in [1.82, 2.24) is 16.0 Å². The lowest BCUT2D eigenvalue weighted by molar-refractivity contribution is -0.143. The minimum Gasteiger partial charge on any atom is -0.480 e. The molecule has 5 atom stereocenters. The second kappa shape index (κ2) is 16.6. The number of aliphatic hydroxyl groups is 2.